The summed E-state index contributed by atoms with van der Waals surface area (Å²) < 4.78 is 28.2. The van der Waals surface area contributed by atoms with Crippen LogP contribution < -0.4 is 10.1 Å². The average molecular weight is 285 g/mol. The van der Waals surface area contributed by atoms with Gasteiger partial charge in [0.05, 0.1) is 6.10 Å². The Morgan fingerprint density at radius 3 is 2.35 bits per heavy atom. The Balaban J connectivity index is 1.88. The summed E-state index contributed by atoms with van der Waals surface area (Å²) in [5.74, 6) is -0.145. The van der Waals surface area contributed by atoms with Crippen LogP contribution in [0.2, 0.25) is 0 Å². The fourth-order valence-electron chi connectivity index (χ4n) is 2.30. The lowest BCUT2D eigenvalue weighted by molar-refractivity contribution is -0.121. The number of nitrogens with one attached hydrogen (secondary N) is 1. The highest BCUT2D eigenvalue weighted by atomic mass is 19.3. The molecule has 20 heavy (non-hydrogen) atoms. The van der Waals surface area contributed by atoms with Crippen LogP contribution in [-0.4, -0.2) is 23.7 Å². The van der Waals surface area contributed by atoms with E-state index in [0.717, 1.165) is 0 Å². The van der Waals surface area contributed by atoms with E-state index in [4.69, 9.17) is 0 Å². The maximum atomic E-state index is 12.0. The van der Waals surface area contributed by atoms with Crippen LogP contribution in [0, 0.1) is 5.92 Å². The Morgan fingerprint density at radius 2 is 1.80 bits per heavy atom. The van der Waals surface area contributed by atoms with E-state index in [2.05, 4.69) is 10.1 Å². The van der Waals surface area contributed by atoms with Crippen LogP contribution in [0.5, 0.6) is 5.75 Å². The van der Waals surface area contributed by atoms with Gasteiger partial charge in [-0.2, -0.15) is 8.78 Å². The van der Waals surface area contributed by atoms with Crippen LogP contribution in [-0.2, 0) is 4.79 Å². The van der Waals surface area contributed by atoms with E-state index in [1.807, 2.05) is 0 Å². The summed E-state index contributed by atoms with van der Waals surface area (Å²) in [5.41, 5.74) is 0.544. The second-order valence-electron chi connectivity index (χ2n) is 4.90. The van der Waals surface area contributed by atoms with Crippen molar-refractivity contribution >= 4 is 11.6 Å². The van der Waals surface area contributed by atoms with Gasteiger partial charge in [0.25, 0.3) is 0 Å². The lowest BCUT2D eigenvalue weighted by Gasteiger charge is -2.24. The van der Waals surface area contributed by atoms with Gasteiger partial charge in [0.1, 0.15) is 5.75 Å². The molecule has 1 fully saturated rings. The van der Waals surface area contributed by atoms with Crippen molar-refractivity contribution in [3.8, 4) is 5.75 Å². The number of hydrogen-bond donors (Lipinski definition) is 2. The lowest BCUT2D eigenvalue weighted by atomic mass is 9.87. The SMILES string of the molecule is O=C(Nc1ccc(OC(F)F)cc1)[C@H]1CC[C@@H](O)CC1. The Labute approximate surface area is 115 Å². The zero-order valence-electron chi connectivity index (χ0n) is 10.9. The standard InChI is InChI=1S/C14H17F2NO3/c15-14(16)20-12-7-3-10(4-8-12)17-13(19)9-1-5-11(18)6-2-9/h3-4,7-9,11,14,18H,1-2,5-6H2,(H,17,19)/t9-,11+. The van der Waals surface area contributed by atoms with Crippen LogP contribution >= 0.6 is 0 Å². The number of rotatable bonds is 4. The Hall–Kier alpha value is -1.69. The molecule has 1 aromatic rings. The normalized spacial score (nSPS) is 22.6. The molecule has 0 spiro atoms. The fourth-order valence-corrected chi connectivity index (χ4v) is 2.30. The Morgan fingerprint density at radius 1 is 1.20 bits per heavy atom. The molecule has 2 rings (SSSR count). The number of ether oxygens (including phenoxy) is 1. The third-order valence-corrected chi connectivity index (χ3v) is 3.41. The molecule has 1 amide bonds. The van der Waals surface area contributed by atoms with E-state index in [-0.39, 0.29) is 23.7 Å². The summed E-state index contributed by atoms with van der Waals surface area (Å²) in [4.78, 5) is 12.0. The largest absolute Gasteiger partial charge is 0.435 e. The second-order valence-corrected chi connectivity index (χ2v) is 4.90. The highest BCUT2D eigenvalue weighted by Gasteiger charge is 2.25. The van der Waals surface area contributed by atoms with Gasteiger partial charge in [-0.3, -0.25) is 4.79 Å². The highest BCUT2D eigenvalue weighted by Crippen LogP contribution is 2.26. The molecule has 110 valence electrons. The molecular formula is C14H17F2NO3. The van der Waals surface area contributed by atoms with Gasteiger partial charge in [0, 0.05) is 11.6 Å². The maximum absolute atomic E-state index is 12.0. The number of carbonyl (C=O) groups excluding carboxylic acids is 1. The minimum atomic E-state index is -2.86. The summed E-state index contributed by atoms with van der Waals surface area (Å²) in [6, 6.07) is 5.80. The third-order valence-electron chi connectivity index (χ3n) is 3.41. The molecule has 2 N–H and O–H groups in total. The van der Waals surface area contributed by atoms with Crippen LogP contribution in [0.3, 0.4) is 0 Å². The zero-order valence-corrected chi connectivity index (χ0v) is 10.9. The second kappa shape index (κ2) is 6.65. The molecular weight excluding hydrogens is 268 g/mol. The van der Waals surface area contributed by atoms with Crippen molar-refractivity contribution in [2.45, 2.75) is 38.4 Å². The molecule has 0 saturated heterocycles. The van der Waals surface area contributed by atoms with Crippen molar-refractivity contribution in [2.24, 2.45) is 5.92 Å². The van der Waals surface area contributed by atoms with Gasteiger partial charge in [-0.05, 0) is 49.9 Å². The van der Waals surface area contributed by atoms with Crippen LogP contribution in [0.15, 0.2) is 24.3 Å². The minimum absolute atomic E-state index is 0.0544. The van der Waals surface area contributed by atoms with Crippen molar-refractivity contribution in [1.82, 2.24) is 0 Å². The summed E-state index contributed by atoms with van der Waals surface area (Å²) in [7, 11) is 0. The summed E-state index contributed by atoms with van der Waals surface area (Å²) in [5, 5.41) is 12.1. The molecule has 4 nitrogen and oxygen atoms in total. The van der Waals surface area contributed by atoms with Crippen LogP contribution in [0.25, 0.3) is 0 Å². The van der Waals surface area contributed by atoms with Gasteiger partial charge in [-0.25, -0.2) is 0 Å². The van der Waals surface area contributed by atoms with E-state index in [0.29, 0.717) is 31.4 Å². The van der Waals surface area contributed by atoms with Crippen molar-refractivity contribution in [3.63, 3.8) is 0 Å². The molecule has 0 aliphatic heterocycles. The van der Waals surface area contributed by atoms with E-state index in [9.17, 15) is 18.7 Å². The molecule has 6 heteroatoms. The zero-order chi connectivity index (χ0) is 14.5. The summed E-state index contributed by atoms with van der Waals surface area (Å²) in [6.07, 6.45) is 2.31. The number of halogens is 2. The van der Waals surface area contributed by atoms with Crippen LogP contribution in [0.4, 0.5) is 14.5 Å². The Bertz CT molecular complexity index is 442. The summed E-state index contributed by atoms with van der Waals surface area (Å²) >= 11 is 0. The van der Waals surface area contributed by atoms with Crippen molar-refractivity contribution in [1.29, 1.82) is 0 Å². The van der Waals surface area contributed by atoms with Gasteiger partial charge in [-0.1, -0.05) is 0 Å². The predicted molar refractivity (Wildman–Crippen MR) is 69.7 cm³/mol. The average Bonchev–Trinajstić information content (AvgIpc) is 2.41. The first-order valence-corrected chi connectivity index (χ1v) is 6.58. The molecule has 0 unspecified atom stereocenters. The number of alkyl halides is 2. The number of amides is 1. The van der Waals surface area contributed by atoms with E-state index in [1.165, 1.54) is 24.3 Å². The topological polar surface area (TPSA) is 58.6 Å². The van der Waals surface area contributed by atoms with E-state index < -0.39 is 6.61 Å². The quantitative estimate of drug-likeness (QED) is 0.894. The number of aliphatic hydroxyl groups is 1. The maximum Gasteiger partial charge on any atom is 0.387 e. The van der Waals surface area contributed by atoms with Gasteiger partial charge >= 0.3 is 6.61 Å². The third kappa shape index (κ3) is 4.16. The molecule has 0 bridgehead atoms. The molecule has 1 saturated carbocycles. The molecule has 0 atom stereocenters. The number of hydrogen-bond acceptors (Lipinski definition) is 3. The number of aliphatic hydroxyl groups excluding tert-OH is 1. The first-order chi connectivity index (χ1) is 9.54. The van der Waals surface area contributed by atoms with Gasteiger partial charge in [0.15, 0.2) is 0 Å². The van der Waals surface area contributed by atoms with Gasteiger partial charge in [0.2, 0.25) is 5.91 Å². The molecule has 0 heterocycles. The Kier molecular flexibility index (Phi) is 4.89. The first-order valence-electron chi connectivity index (χ1n) is 6.58. The van der Waals surface area contributed by atoms with Crippen molar-refractivity contribution in [2.75, 3.05) is 5.32 Å². The number of anilines is 1. The van der Waals surface area contributed by atoms with Gasteiger partial charge in [-0.15, -0.1) is 0 Å². The van der Waals surface area contributed by atoms with Gasteiger partial charge < -0.3 is 15.2 Å². The molecule has 0 aromatic heterocycles. The predicted octanol–water partition coefficient (Wildman–Crippen LogP) is 2.78. The smallest absolute Gasteiger partial charge is 0.387 e. The molecule has 1 aliphatic carbocycles. The lowest BCUT2D eigenvalue weighted by Crippen LogP contribution is -2.28. The monoisotopic (exact) mass is 285 g/mol. The van der Waals surface area contributed by atoms with E-state index in [1.54, 1.807) is 0 Å². The highest BCUT2D eigenvalue weighted by molar-refractivity contribution is 5.92. The fraction of sp³-hybridized carbons (Fsp3) is 0.500. The molecule has 1 aliphatic rings. The van der Waals surface area contributed by atoms with Crippen molar-refractivity contribution in [3.05, 3.63) is 24.3 Å². The molecule has 0 radical (unpaired) electrons. The minimum Gasteiger partial charge on any atom is -0.435 e. The van der Waals surface area contributed by atoms with E-state index >= 15 is 0 Å². The number of benzene rings is 1. The van der Waals surface area contributed by atoms with Crippen molar-refractivity contribution < 1.29 is 23.4 Å². The number of carbonyl (C=O) groups is 1. The first kappa shape index (κ1) is 14.7. The molecule has 1 aromatic carbocycles. The summed E-state index contributed by atoms with van der Waals surface area (Å²) in [6.45, 7) is -2.86. The van der Waals surface area contributed by atoms with Crippen LogP contribution in [0.1, 0.15) is 25.7 Å².